The number of aromatic nitrogens is 1. The van der Waals surface area contributed by atoms with Crippen LogP contribution in [0.15, 0.2) is 28.2 Å². The maximum atomic E-state index is 12.8. The molecule has 1 unspecified atom stereocenters. The second-order valence-corrected chi connectivity index (χ2v) is 11.5. The number of hydrogen-bond donors (Lipinski definition) is 0. The fourth-order valence-electron chi connectivity index (χ4n) is 4.95. The lowest BCUT2D eigenvalue weighted by Crippen LogP contribution is -2.48. The van der Waals surface area contributed by atoms with E-state index >= 15 is 0 Å². The topological polar surface area (TPSA) is 52.3 Å². The zero-order valence-corrected chi connectivity index (χ0v) is 17.5. The fourth-order valence-corrected chi connectivity index (χ4v) is 9.66. The Morgan fingerprint density at radius 3 is 2.74 bits per heavy atom. The summed E-state index contributed by atoms with van der Waals surface area (Å²) >= 11 is 5.87. The number of hydrogen-bond acceptors (Lipinski definition) is 7. The molecule has 3 heterocycles. The minimum Gasteiger partial charge on any atom is -0.462 e. The number of furan rings is 1. The van der Waals surface area contributed by atoms with Crippen LogP contribution >= 0.6 is 34.9 Å². The fraction of sp³-hybridized carbons (Fsp3) is 0.600. The smallest absolute Gasteiger partial charge is 0.309 e. The van der Waals surface area contributed by atoms with Crippen LogP contribution in [0.25, 0.3) is 10.8 Å². The standard InChI is InChI=1S/C20H23NO3S3/c22-19(24-11-16-12-25-18(21-16)17-5-2-6-23-17)13-9-14-3-1-4-15(10-13)20(14)26-7-8-27-20/h2,5-6,12-15H,1,3-4,7-11H2/t13?,14-,15+. The number of esters is 1. The first-order valence-electron chi connectivity index (χ1n) is 9.67. The highest BCUT2D eigenvalue weighted by Crippen LogP contribution is 2.64. The molecule has 2 bridgehead atoms. The van der Waals surface area contributed by atoms with E-state index in [1.807, 2.05) is 17.5 Å². The molecule has 27 heavy (non-hydrogen) atoms. The largest absolute Gasteiger partial charge is 0.462 e. The molecule has 0 aromatic carbocycles. The number of thioether (sulfide) groups is 2. The predicted molar refractivity (Wildman–Crippen MR) is 111 cm³/mol. The third-order valence-electron chi connectivity index (χ3n) is 6.10. The summed E-state index contributed by atoms with van der Waals surface area (Å²) in [7, 11) is 0. The highest BCUT2D eigenvalue weighted by molar-refractivity contribution is 8.21. The number of ether oxygens (including phenoxy) is 1. The summed E-state index contributed by atoms with van der Waals surface area (Å²) in [5.41, 5.74) is 0.800. The highest BCUT2D eigenvalue weighted by Gasteiger charge is 2.55. The molecule has 3 fully saturated rings. The molecule has 144 valence electrons. The van der Waals surface area contributed by atoms with Crippen molar-refractivity contribution in [3.8, 4) is 10.8 Å². The van der Waals surface area contributed by atoms with Crippen LogP contribution in [0.5, 0.6) is 0 Å². The molecule has 4 nitrogen and oxygen atoms in total. The maximum absolute atomic E-state index is 12.8. The van der Waals surface area contributed by atoms with E-state index in [-0.39, 0.29) is 18.5 Å². The van der Waals surface area contributed by atoms with Crippen molar-refractivity contribution in [1.82, 2.24) is 4.98 Å². The van der Waals surface area contributed by atoms with Gasteiger partial charge in [0.25, 0.3) is 0 Å². The lowest BCUT2D eigenvalue weighted by molar-refractivity contribution is -0.153. The van der Waals surface area contributed by atoms with Crippen molar-refractivity contribution < 1.29 is 13.9 Å². The van der Waals surface area contributed by atoms with Crippen molar-refractivity contribution >= 4 is 40.8 Å². The van der Waals surface area contributed by atoms with Crippen molar-refractivity contribution in [2.45, 2.75) is 42.8 Å². The molecule has 2 aromatic heterocycles. The Balaban J connectivity index is 1.21. The molecular formula is C20H23NO3S3. The molecule has 7 heteroatoms. The first-order chi connectivity index (χ1) is 13.2. The van der Waals surface area contributed by atoms with Gasteiger partial charge in [-0.15, -0.1) is 34.9 Å². The van der Waals surface area contributed by atoms with Gasteiger partial charge in [0.1, 0.15) is 6.61 Å². The number of carbonyl (C=O) groups is 1. The molecule has 5 rings (SSSR count). The van der Waals surface area contributed by atoms with E-state index in [2.05, 4.69) is 28.5 Å². The van der Waals surface area contributed by atoms with Crippen LogP contribution in [0.2, 0.25) is 0 Å². The minimum atomic E-state index is -0.0257. The van der Waals surface area contributed by atoms with E-state index in [1.54, 1.807) is 6.26 Å². The Morgan fingerprint density at radius 2 is 2.04 bits per heavy atom. The lowest BCUT2D eigenvalue weighted by atomic mass is 9.67. The van der Waals surface area contributed by atoms with Crippen molar-refractivity contribution in [3.05, 3.63) is 29.5 Å². The van der Waals surface area contributed by atoms with Crippen LogP contribution in [-0.2, 0) is 16.1 Å². The normalized spacial score (nSPS) is 29.1. The van der Waals surface area contributed by atoms with Gasteiger partial charge in [0.2, 0.25) is 0 Å². The van der Waals surface area contributed by atoms with E-state index in [1.165, 1.54) is 42.1 Å². The first kappa shape index (κ1) is 18.1. The third-order valence-corrected chi connectivity index (χ3v) is 11.0. The number of nitrogens with zero attached hydrogens (tertiary/aromatic N) is 1. The monoisotopic (exact) mass is 421 g/mol. The van der Waals surface area contributed by atoms with Crippen LogP contribution in [0.1, 0.15) is 37.8 Å². The summed E-state index contributed by atoms with van der Waals surface area (Å²) in [5, 5.41) is 2.78. The molecule has 1 aliphatic heterocycles. The number of rotatable bonds is 4. The van der Waals surface area contributed by atoms with Crippen LogP contribution in [0.4, 0.5) is 0 Å². The van der Waals surface area contributed by atoms with Crippen molar-refractivity contribution in [2.75, 3.05) is 11.5 Å². The molecule has 1 saturated heterocycles. The number of thiazole rings is 1. The molecule has 0 amide bonds. The molecule has 2 aliphatic carbocycles. The van der Waals surface area contributed by atoms with Gasteiger partial charge < -0.3 is 9.15 Å². The molecular weight excluding hydrogens is 398 g/mol. The zero-order valence-electron chi connectivity index (χ0n) is 15.1. The van der Waals surface area contributed by atoms with Crippen LogP contribution in [0, 0.1) is 17.8 Å². The van der Waals surface area contributed by atoms with Gasteiger partial charge in [-0.2, -0.15) is 0 Å². The second kappa shape index (κ2) is 7.48. The van der Waals surface area contributed by atoms with Gasteiger partial charge in [-0.3, -0.25) is 4.79 Å². The van der Waals surface area contributed by atoms with Crippen molar-refractivity contribution in [3.63, 3.8) is 0 Å². The van der Waals surface area contributed by atoms with E-state index < -0.39 is 0 Å². The summed E-state index contributed by atoms with van der Waals surface area (Å²) in [6.45, 7) is 0.260. The molecule has 0 N–H and O–H groups in total. The van der Waals surface area contributed by atoms with E-state index in [0.717, 1.165) is 29.3 Å². The Labute approximate surface area is 171 Å². The number of carbonyl (C=O) groups excluding carboxylic acids is 1. The van der Waals surface area contributed by atoms with Crippen molar-refractivity contribution in [2.24, 2.45) is 17.8 Å². The summed E-state index contributed by atoms with van der Waals surface area (Å²) in [6.07, 6.45) is 7.53. The summed E-state index contributed by atoms with van der Waals surface area (Å²) in [4.78, 5) is 17.3. The third kappa shape index (κ3) is 3.36. The molecule has 3 atom stereocenters. The van der Waals surface area contributed by atoms with Gasteiger partial charge >= 0.3 is 5.97 Å². The summed E-state index contributed by atoms with van der Waals surface area (Å²) < 4.78 is 11.5. The Morgan fingerprint density at radius 1 is 1.26 bits per heavy atom. The molecule has 0 radical (unpaired) electrons. The highest BCUT2D eigenvalue weighted by atomic mass is 32.2. The average Bonchev–Trinajstić information content (AvgIpc) is 3.41. The van der Waals surface area contributed by atoms with Gasteiger partial charge in [0.05, 0.1) is 22.0 Å². The quantitative estimate of drug-likeness (QED) is 0.612. The van der Waals surface area contributed by atoms with Crippen molar-refractivity contribution in [1.29, 1.82) is 0 Å². The SMILES string of the molecule is O=C(OCc1csc(-c2ccco2)n1)C1C[C@H]2CCC[C@@H](C1)C21SCCS1. The van der Waals surface area contributed by atoms with Crippen LogP contribution < -0.4 is 0 Å². The molecule has 3 aliphatic rings. The molecule has 2 aromatic rings. The van der Waals surface area contributed by atoms with Gasteiger partial charge in [0.15, 0.2) is 10.8 Å². The van der Waals surface area contributed by atoms with Gasteiger partial charge in [-0.1, -0.05) is 6.42 Å². The van der Waals surface area contributed by atoms with Crippen LogP contribution in [0.3, 0.4) is 0 Å². The Bertz CT molecular complexity index is 781. The van der Waals surface area contributed by atoms with E-state index in [9.17, 15) is 4.79 Å². The predicted octanol–water partition coefficient (Wildman–Crippen LogP) is 5.45. The minimum absolute atomic E-state index is 0.0257. The first-order valence-corrected chi connectivity index (χ1v) is 12.5. The van der Waals surface area contributed by atoms with Gasteiger partial charge in [0, 0.05) is 16.9 Å². The van der Waals surface area contributed by atoms with Gasteiger partial charge in [-0.25, -0.2) is 4.98 Å². The summed E-state index contributed by atoms with van der Waals surface area (Å²) in [6, 6.07) is 3.74. The Hall–Kier alpha value is -0.920. The Kier molecular flexibility index (Phi) is 5.03. The van der Waals surface area contributed by atoms with E-state index in [4.69, 9.17) is 9.15 Å². The summed E-state index contributed by atoms with van der Waals surface area (Å²) in [5.74, 6) is 4.69. The van der Waals surface area contributed by atoms with E-state index in [0.29, 0.717) is 15.9 Å². The molecule has 1 spiro atoms. The second-order valence-electron chi connectivity index (χ2n) is 7.64. The van der Waals surface area contributed by atoms with Crippen LogP contribution in [-0.4, -0.2) is 26.5 Å². The average molecular weight is 422 g/mol. The lowest BCUT2D eigenvalue weighted by Gasteiger charge is -2.51. The maximum Gasteiger partial charge on any atom is 0.309 e. The van der Waals surface area contributed by atoms with Gasteiger partial charge in [-0.05, 0) is 49.7 Å². The zero-order chi connectivity index (χ0) is 18.3. The molecule has 2 saturated carbocycles.